The van der Waals surface area contributed by atoms with Crippen molar-refractivity contribution in [1.82, 2.24) is 24.6 Å². The third kappa shape index (κ3) is 3.22. The third-order valence-corrected chi connectivity index (χ3v) is 7.25. The summed E-state index contributed by atoms with van der Waals surface area (Å²) in [5, 5.41) is 9.44. The molecule has 0 unspecified atom stereocenters. The number of carbonyl (C=O) groups is 1. The maximum absolute atomic E-state index is 14.0. The summed E-state index contributed by atoms with van der Waals surface area (Å²) in [7, 11) is 2.02. The smallest absolute Gasteiger partial charge is 0.242 e. The monoisotopic (exact) mass is 458 g/mol. The topological polar surface area (TPSA) is 67.2 Å². The first-order valence-corrected chi connectivity index (χ1v) is 11.5. The Hall–Kier alpha value is -3.29. The zero-order chi connectivity index (χ0) is 22.6. The van der Waals surface area contributed by atoms with Crippen molar-refractivity contribution in [3.63, 3.8) is 0 Å². The van der Waals surface area contributed by atoms with Gasteiger partial charge in [-0.3, -0.25) is 14.6 Å². The van der Waals surface area contributed by atoms with E-state index in [0.717, 1.165) is 60.6 Å². The van der Waals surface area contributed by atoms with Crippen molar-refractivity contribution in [3.8, 4) is 0 Å². The molecule has 0 bridgehead atoms. The minimum atomic E-state index is -0.505. The Morgan fingerprint density at radius 3 is 2.67 bits per heavy atom. The predicted molar refractivity (Wildman–Crippen MR) is 128 cm³/mol. The average Bonchev–Trinajstić information content (AvgIpc) is 3.34. The van der Waals surface area contributed by atoms with Crippen LogP contribution in [-0.2, 0) is 23.8 Å². The van der Waals surface area contributed by atoms with Crippen LogP contribution in [0.5, 0.6) is 0 Å². The van der Waals surface area contributed by atoms with Gasteiger partial charge in [0.1, 0.15) is 5.82 Å². The summed E-state index contributed by atoms with van der Waals surface area (Å²) in [6.07, 6.45) is 5.37. The number of nitrogens with zero attached hydrogens (tertiary/aromatic N) is 6. The number of imidazole rings is 1. The van der Waals surface area contributed by atoms with Crippen LogP contribution in [0.2, 0.25) is 5.15 Å². The molecule has 33 heavy (non-hydrogen) atoms. The lowest BCUT2D eigenvalue weighted by Gasteiger charge is -2.38. The summed E-state index contributed by atoms with van der Waals surface area (Å²) in [6.45, 7) is 2.50. The van der Waals surface area contributed by atoms with Gasteiger partial charge in [-0.2, -0.15) is 0 Å². The van der Waals surface area contributed by atoms with Crippen molar-refractivity contribution in [2.24, 2.45) is 7.05 Å². The van der Waals surface area contributed by atoms with Gasteiger partial charge in [-0.15, -0.1) is 10.2 Å². The lowest BCUT2D eigenvalue weighted by molar-refractivity contribution is -0.124. The van der Waals surface area contributed by atoms with Crippen LogP contribution in [-0.4, -0.2) is 43.6 Å². The molecule has 0 N–H and O–H groups in total. The van der Waals surface area contributed by atoms with E-state index in [1.807, 2.05) is 60.7 Å². The molecule has 4 heterocycles. The van der Waals surface area contributed by atoms with E-state index in [-0.39, 0.29) is 5.91 Å². The van der Waals surface area contributed by atoms with Crippen molar-refractivity contribution in [1.29, 1.82) is 0 Å². The molecule has 1 fully saturated rings. The van der Waals surface area contributed by atoms with Gasteiger partial charge >= 0.3 is 0 Å². The first-order chi connectivity index (χ1) is 16.0. The molecule has 0 radical (unpaired) electrons. The first kappa shape index (κ1) is 20.3. The van der Waals surface area contributed by atoms with E-state index in [2.05, 4.69) is 30.7 Å². The van der Waals surface area contributed by atoms with Crippen molar-refractivity contribution in [2.45, 2.75) is 24.8 Å². The number of benzene rings is 2. The number of hydrogen-bond acceptors (Lipinski definition) is 5. The predicted octanol–water partition coefficient (Wildman–Crippen LogP) is 4.23. The molecule has 2 aliphatic heterocycles. The Morgan fingerprint density at radius 2 is 1.88 bits per heavy atom. The minimum absolute atomic E-state index is 0.140. The summed E-state index contributed by atoms with van der Waals surface area (Å²) in [5.74, 6) is 1.18. The summed E-state index contributed by atoms with van der Waals surface area (Å²) in [5.41, 5.74) is 3.10. The maximum atomic E-state index is 14.0. The number of amides is 1. The maximum Gasteiger partial charge on any atom is 0.242 e. The average molecular weight is 459 g/mol. The molecule has 2 aliphatic rings. The SMILES string of the molecule is Cn1ccnc1CN1CCC2(CC1)C(=O)N(c1ccc3cc(Cl)nnc3c1)c1ccccc12. The van der Waals surface area contributed by atoms with Crippen molar-refractivity contribution in [3.05, 3.63) is 77.5 Å². The molecule has 4 aromatic rings. The number of halogens is 1. The highest BCUT2D eigenvalue weighted by Gasteiger charge is 2.52. The van der Waals surface area contributed by atoms with Crippen LogP contribution in [0.3, 0.4) is 0 Å². The first-order valence-electron chi connectivity index (χ1n) is 11.1. The van der Waals surface area contributed by atoms with Gasteiger partial charge in [0.2, 0.25) is 5.91 Å². The summed E-state index contributed by atoms with van der Waals surface area (Å²) in [6, 6.07) is 15.8. The number of carbonyl (C=O) groups excluding carboxylic acids is 1. The number of aromatic nitrogens is 4. The van der Waals surface area contributed by atoms with Gasteiger partial charge in [0, 0.05) is 24.8 Å². The van der Waals surface area contributed by atoms with Crippen molar-refractivity contribution < 1.29 is 4.79 Å². The number of piperidine rings is 1. The highest BCUT2D eigenvalue weighted by Crippen LogP contribution is 2.50. The molecular formula is C25H23ClN6O. The number of fused-ring (bicyclic) bond motifs is 3. The Balaban J connectivity index is 1.33. The zero-order valence-corrected chi connectivity index (χ0v) is 19.0. The second kappa shape index (κ2) is 7.64. The van der Waals surface area contributed by atoms with E-state index >= 15 is 0 Å². The Kier molecular flexibility index (Phi) is 4.71. The van der Waals surface area contributed by atoms with Gasteiger partial charge in [-0.05, 0) is 55.8 Å². The number of likely N-dealkylation sites (tertiary alicyclic amines) is 1. The number of hydrogen-bond donors (Lipinski definition) is 0. The van der Waals surface area contributed by atoms with Gasteiger partial charge in [0.15, 0.2) is 5.15 Å². The van der Waals surface area contributed by atoms with Gasteiger partial charge in [-0.25, -0.2) is 4.98 Å². The van der Waals surface area contributed by atoms with E-state index in [1.165, 1.54) is 0 Å². The van der Waals surface area contributed by atoms with Crippen LogP contribution in [0.4, 0.5) is 11.4 Å². The minimum Gasteiger partial charge on any atom is -0.337 e. The fraction of sp³-hybridized carbons (Fsp3) is 0.280. The second-order valence-electron chi connectivity index (χ2n) is 8.88. The molecular weight excluding hydrogens is 436 g/mol. The van der Waals surface area contributed by atoms with Crippen LogP contribution < -0.4 is 4.90 Å². The molecule has 2 aromatic carbocycles. The van der Waals surface area contributed by atoms with Crippen LogP contribution in [0.25, 0.3) is 10.9 Å². The summed E-state index contributed by atoms with van der Waals surface area (Å²) >= 11 is 5.99. The zero-order valence-electron chi connectivity index (χ0n) is 18.3. The Bertz CT molecular complexity index is 1370. The number of aryl methyl sites for hydroxylation is 1. The molecule has 1 spiro atoms. The molecule has 7 nitrogen and oxygen atoms in total. The van der Waals surface area contributed by atoms with Gasteiger partial charge in [-0.1, -0.05) is 35.9 Å². The van der Waals surface area contributed by atoms with Gasteiger partial charge < -0.3 is 4.57 Å². The van der Waals surface area contributed by atoms with Gasteiger partial charge in [0.25, 0.3) is 0 Å². The second-order valence-corrected chi connectivity index (χ2v) is 9.27. The quantitative estimate of drug-likeness (QED) is 0.459. The molecule has 6 rings (SSSR count). The molecule has 0 aliphatic carbocycles. The lowest BCUT2D eigenvalue weighted by atomic mass is 9.73. The Labute approximate surface area is 196 Å². The highest BCUT2D eigenvalue weighted by molar-refractivity contribution is 6.29. The van der Waals surface area contributed by atoms with E-state index < -0.39 is 5.41 Å². The largest absolute Gasteiger partial charge is 0.337 e. The summed E-state index contributed by atoms with van der Waals surface area (Å²) in [4.78, 5) is 22.8. The Morgan fingerprint density at radius 1 is 1.06 bits per heavy atom. The molecule has 1 saturated heterocycles. The fourth-order valence-corrected chi connectivity index (χ4v) is 5.39. The van der Waals surface area contributed by atoms with Gasteiger partial charge in [0.05, 0.1) is 28.9 Å². The van der Waals surface area contributed by atoms with Crippen molar-refractivity contribution >= 4 is 39.8 Å². The number of para-hydroxylation sites is 1. The molecule has 8 heteroatoms. The highest BCUT2D eigenvalue weighted by atomic mass is 35.5. The van der Waals surface area contributed by atoms with E-state index in [1.54, 1.807) is 6.07 Å². The van der Waals surface area contributed by atoms with Crippen molar-refractivity contribution in [2.75, 3.05) is 18.0 Å². The molecule has 1 amide bonds. The summed E-state index contributed by atoms with van der Waals surface area (Å²) < 4.78 is 2.05. The molecule has 0 atom stereocenters. The van der Waals surface area contributed by atoms with E-state index in [9.17, 15) is 4.79 Å². The van der Waals surface area contributed by atoms with E-state index in [4.69, 9.17) is 11.6 Å². The van der Waals surface area contributed by atoms with E-state index in [0.29, 0.717) is 10.7 Å². The van der Waals surface area contributed by atoms with Crippen LogP contribution in [0.1, 0.15) is 24.2 Å². The van der Waals surface area contributed by atoms with Crippen LogP contribution >= 0.6 is 11.6 Å². The standard InChI is InChI=1S/C25H23ClN6O/c1-30-13-10-27-23(30)16-31-11-8-25(9-12-31)19-4-2-3-5-21(19)32(24(25)33)18-7-6-17-14-22(26)29-28-20(17)15-18/h2-7,10,13-15H,8-9,11-12,16H2,1H3. The third-order valence-electron chi connectivity index (χ3n) is 7.07. The normalized spacial score (nSPS) is 17.8. The fourth-order valence-electron chi connectivity index (χ4n) is 5.23. The number of anilines is 2. The lowest BCUT2D eigenvalue weighted by Crippen LogP contribution is -2.47. The molecule has 166 valence electrons. The molecule has 0 saturated carbocycles. The molecule has 2 aromatic heterocycles. The van der Waals surface area contributed by atoms with Crippen LogP contribution in [0.15, 0.2) is 60.9 Å². The number of rotatable bonds is 3. The van der Waals surface area contributed by atoms with Crippen LogP contribution in [0, 0.1) is 0 Å².